The first kappa shape index (κ1) is 8.62. The summed E-state index contributed by atoms with van der Waals surface area (Å²) in [4.78, 5) is 20.8. The molecule has 54 valence electrons. The molecule has 0 aliphatic rings. The summed E-state index contributed by atoms with van der Waals surface area (Å²) in [6.45, 7) is 7.59. The van der Waals surface area contributed by atoms with E-state index in [-0.39, 0.29) is 5.76 Å². The van der Waals surface area contributed by atoms with E-state index >= 15 is 0 Å². The number of rotatable bonds is 3. The van der Waals surface area contributed by atoms with Gasteiger partial charge in [-0.05, 0) is 6.08 Å². The molecule has 0 fully saturated rings. The lowest BCUT2D eigenvalue weighted by Gasteiger charge is -1.98. The van der Waals surface area contributed by atoms with E-state index in [1.54, 1.807) is 0 Å². The van der Waals surface area contributed by atoms with Crippen LogP contribution in [0.15, 0.2) is 25.0 Å². The number of hydrogen-bond donors (Lipinski definition) is 0. The Morgan fingerprint density at radius 1 is 1.50 bits per heavy atom. The summed E-state index contributed by atoms with van der Waals surface area (Å²) in [7, 11) is 0. The molecule has 0 aromatic heterocycles. The third-order valence-electron chi connectivity index (χ3n) is 0.727. The van der Waals surface area contributed by atoms with E-state index in [1.807, 2.05) is 0 Å². The monoisotopic (exact) mass is 140 g/mol. The van der Waals surface area contributed by atoms with Crippen LogP contribution in [0.3, 0.4) is 0 Å². The van der Waals surface area contributed by atoms with Crippen LogP contribution in [0.1, 0.15) is 6.92 Å². The Morgan fingerprint density at radius 3 is 2.30 bits per heavy atom. The first-order valence-electron chi connectivity index (χ1n) is 2.62. The fourth-order valence-electron chi connectivity index (χ4n) is 0.338. The molecular weight excluding hydrogens is 132 g/mol. The molecule has 0 saturated heterocycles. The lowest BCUT2D eigenvalue weighted by molar-refractivity contribution is -0.139. The largest absolute Gasteiger partial charge is 0.423 e. The maximum absolute atomic E-state index is 10.6. The van der Waals surface area contributed by atoms with Gasteiger partial charge in [0.15, 0.2) is 5.76 Å². The predicted molar refractivity (Wildman–Crippen MR) is 36.1 cm³/mol. The Morgan fingerprint density at radius 2 is 2.00 bits per heavy atom. The molecule has 0 radical (unpaired) electrons. The molecule has 0 aromatic rings. The van der Waals surface area contributed by atoms with Crippen molar-refractivity contribution in [3.05, 3.63) is 25.0 Å². The van der Waals surface area contributed by atoms with Gasteiger partial charge in [-0.1, -0.05) is 13.2 Å². The number of ether oxygens (including phenoxy) is 1. The number of carbonyl (C=O) groups is 2. The van der Waals surface area contributed by atoms with Crippen molar-refractivity contribution in [2.45, 2.75) is 6.92 Å². The molecule has 0 bridgehead atoms. The van der Waals surface area contributed by atoms with E-state index in [0.29, 0.717) is 0 Å². The molecule has 0 N–H and O–H groups in total. The second-order valence-corrected chi connectivity index (χ2v) is 1.59. The Kier molecular flexibility index (Phi) is 3.11. The third-order valence-corrected chi connectivity index (χ3v) is 0.727. The summed E-state index contributed by atoms with van der Waals surface area (Å²) in [5, 5.41) is 0. The summed E-state index contributed by atoms with van der Waals surface area (Å²) in [5.41, 5.74) is 0. The molecule has 0 aromatic carbocycles. The highest BCUT2D eigenvalue weighted by atomic mass is 16.5. The van der Waals surface area contributed by atoms with Crippen molar-refractivity contribution < 1.29 is 14.3 Å². The minimum atomic E-state index is -0.555. The zero-order valence-corrected chi connectivity index (χ0v) is 5.72. The Balaban J connectivity index is 3.98. The van der Waals surface area contributed by atoms with Crippen LogP contribution in [0.4, 0.5) is 0 Å². The van der Waals surface area contributed by atoms with E-state index in [4.69, 9.17) is 0 Å². The topological polar surface area (TPSA) is 43.4 Å². The highest BCUT2D eigenvalue weighted by Gasteiger charge is 2.04. The first-order valence-corrected chi connectivity index (χ1v) is 2.62. The zero-order valence-electron chi connectivity index (χ0n) is 5.72. The summed E-state index contributed by atoms with van der Waals surface area (Å²) < 4.78 is 4.35. The number of allylic oxidation sites excluding steroid dienone is 1. The van der Waals surface area contributed by atoms with Gasteiger partial charge < -0.3 is 4.74 Å². The highest BCUT2D eigenvalue weighted by molar-refractivity contribution is 6.02. The Labute approximate surface area is 59.0 Å². The van der Waals surface area contributed by atoms with Crippen molar-refractivity contribution in [1.29, 1.82) is 0 Å². The Hall–Kier alpha value is -1.38. The van der Waals surface area contributed by atoms with Gasteiger partial charge in [-0.2, -0.15) is 0 Å². The van der Waals surface area contributed by atoms with Gasteiger partial charge in [0.2, 0.25) is 5.78 Å². The van der Waals surface area contributed by atoms with E-state index < -0.39 is 11.8 Å². The van der Waals surface area contributed by atoms with E-state index in [0.717, 1.165) is 6.08 Å². The summed E-state index contributed by atoms with van der Waals surface area (Å²) in [6, 6.07) is 0. The van der Waals surface area contributed by atoms with Gasteiger partial charge in [0.1, 0.15) is 0 Å². The quantitative estimate of drug-likeness (QED) is 0.331. The number of hydrogen-bond acceptors (Lipinski definition) is 3. The fraction of sp³-hybridized carbons (Fsp3) is 0.143. The normalized spacial score (nSPS) is 8.10. The molecule has 0 amide bonds. The fourth-order valence-corrected chi connectivity index (χ4v) is 0.338. The minimum Gasteiger partial charge on any atom is -0.423 e. The SMILES string of the molecule is C=CC(=O)C(=C)OC(C)=O. The lowest BCUT2D eigenvalue weighted by Crippen LogP contribution is -2.05. The van der Waals surface area contributed by atoms with Crippen LogP contribution in [-0.2, 0) is 14.3 Å². The van der Waals surface area contributed by atoms with E-state index in [2.05, 4.69) is 17.9 Å². The maximum atomic E-state index is 10.6. The molecule has 0 atom stereocenters. The van der Waals surface area contributed by atoms with Crippen molar-refractivity contribution in [1.82, 2.24) is 0 Å². The Bertz CT molecular complexity index is 191. The highest BCUT2D eigenvalue weighted by Crippen LogP contribution is 1.95. The summed E-state index contributed by atoms with van der Waals surface area (Å²) in [6.07, 6.45) is 1.03. The molecule has 3 nitrogen and oxygen atoms in total. The maximum Gasteiger partial charge on any atom is 0.308 e. The van der Waals surface area contributed by atoms with Crippen LogP contribution < -0.4 is 0 Å². The van der Waals surface area contributed by atoms with Crippen LogP contribution in [0, 0.1) is 0 Å². The third kappa shape index (κ3) is 2.81. The van der Waals surface area contributed by atoms with Crippen molar-refractivity contribution in [3.8, 4) is 0 Å². The molecular formula is C7H8O3. The van der Waals surface area contributed by atoms with Crippen LogP contribution in [0.2, 0.25) is 0 Å². The summed E-state index contributed by atoms with van der Waals surface area (Å²) in [5.74, 6) is -1.22. The van der Waals surface area contributed by atoms with E-state index in [1.165, 1.54) is 6.92 Å². The molecule has 0 aliphatic heterocycles. The number of carbonyl (C=O) groups excluding carboxylic acids is 2. The van der Waals surface area contributed by atoms with Gasteiger partial charge in [0.25, 0.3) is 0 Å². The zero-order chi connectivity index (χ0) is 8.15. The molecule has 0 saturated carbocycles. The summed E-state index contributed by atoms with van der Waals surface area (Å²) >= 11 is 0. The standard InChI is InChI=1S/C7H8O3/c1-4-7(9)5(2)10-6(3)8/h4H,1-2H2,3H3. The van der Waals surface area contributed by atoms with Gasteiger partial charge in [-0.3, -0.25) is 9.59 Å². The number of ketones is 1. The van der Waals surface area contributed by atoms with Gasteiger partial charge >= 0.3 is 5.97 Å². The second-order valence-electron chi connectivity index (χ2n) is 1.59. The van der Waals surface area contributed by atoms with Crippen molar-refractivity contribution in [3.63, 3.8) is 0 Å². The number of esters is 1. The van der Waals surface area contributed by atoms with Crippen LogP contribution >= 0.6 is 0 Å². The molecule has 3 heteroatoms. The average molecular weight is 140 g/mol. The minimum absolute atomic E-state index is 0.192. The molecule has 0 rings (SSSR count). The van der Waals surface area contributed by atoms with Gasteiger partial charge in [0, 0.05) is 6.92 Å². The smallest absolute Gasteiger partial charge is 0.308 e. The van der Waals surface area contributed by atoms with Crippen LogP contribution in [0.25, 0.3) is 0 Å². The van der Waals surface area contributed by atoms with Crippen LogP contribution in [-0.4, -0.2) is 11.8 Å². The molecule has 0 aliphatic carbocycles. The van der Waals surface area contributed by atoms with Crippen LogP contribution in [0.5, 0.6) is 0 Å². The van der Waals surface area contributed by atoms with Crippen molar-refractivity contribution in [2.75, 3.05) is 0 Å². The van der Waals surface area contributed by atoms with Gasteiger partial charge in [-0.25, -0.2) is 0 Å². The second kappa shape index (κ2) is 3.61. The average Bonchev–Trinajstić information content (AvgIpc) is 1.85. The first-order chi connectivity index (χ1) is 4.57. The van der Waals surface area contributed by atoms with Crippen molar-refractivity contribution >= 4 is 11.8 Å². The van der Waals surface area contributed by atoms with Gasteiger partial charge in [0.05, 0.1) is 0 Å². The molecule has 0 unspecified atom stereocenters. The molecule has 0 spiro atoms. The van der Waals surface area contributed by atoms with E-state index in [9.17, 15) is 9.59 Å². The van der Waals surface area contributed by atoms with Crippen molar-refractivity contribution in [2.24, 2.45) is 0 Å². The predicted octanol–water partition coefficient (Wildman–Crippen LogP) is 0.818. The van der Waals surface area contributed by atoms with Gasteiger partial charge in [-0.15, -0.1) is 0 Å². The lowest BCUT2D eigenvalue weighted by atomic mass is 10.3. The molecule has 0 heterocycles. The molecule has 10 heavy (non-hydrogen) atoms.